The highest BCUT2D eigenvalue weighted by Crippen LogP contribution is 2.22. The highest BCUT2D eigenvalue weighted by atomic mass is 19.1. The molecule has 3 heterocycles. The predicted octanol–water partition coefficient (Wildman–Crippen LogP) is 3.10. The van der Waals surface area contributed by atoms with E-state index in [0.717, 1.165) is 63.6 Å². The van der Waals surface area contributed by atoms with Gasteiger partial charge in [-0.1, -0.05) is 18.2 Å². The third-order valence-electron chi connectivity index (χ3n) is 7.00. The van der Waals surface area contributed by atoms with Gasteiger partial charge >= 0.3 is 0 Å². The average Bonchev–Trinajstić information content (AvgIpc) is 2.84. The van der Waals surface area contributed by atoms with Gasteiger partial charge in [-0.25, -0.2) is 9.37 Å². The first-order chi connectivity index (χ1) is 16.0. The Kier molecular flexibility index (Phi) is 7.93. The largest absolute Gasteiger partial charge is 0.354 e. The third kappa shape index (κ3) is 6.30. The molecule has 2 atom stereocenters. The third-order valence-corrected chi connectivity index (χ3v) is 7.00. The van der Waals surface area contributed by atoms with E-state index in [-0.39, 0.29) is 17.8 Å². The van der Waals surface area contributed by atoms with Gasteiger partial charge in [0.1, 0.15) is 11.6 Å². The summed E-state index contributed by atoms with van der Waals surface area (Å²) >= 11 is 0. The van der Waals surface area contributed by atoms with Gasteiger partial charge in [0.2, 0.25) is 5.91 Å². The van der Waals surface area contributed by atoms with Crippen molar-refractivity contribution in [3.63, 3.8) is 0 Å². The fourth-order valence-corrected chi connectivity index (χ4v) is 5.13. The maximum atomic E-state index is 13.5. The molecule has 2 saturated heterocycles. The summed E-state index contributed by atoms with van der Waals surface area (Å²) in [6.07, 6.45) is 4.21. The topological polar surface area (TPSA) is 42.9 Å². The number of hydrogen-bond donors (Lipinski definition) is 0. The molecule has 2 aromatic rings. The van der Waals surface area contributed by atoms with E-state index in [1.807, 2.05) is 38.4 Å². The van der Waals surface area contributed by atoms with Gasteiger partial charge in [-0.05, 0) is 62.1 Å². The summed E-state index contributed by atoms with van der Waals surface area (Å²) in [6.45, 7) is 9.58. The molecule has 0 radical (unpaired) electrons. The summed E-state index contributed by atoms with van der Waals surface area (Å²) in [6, 6.07) is 12.4. The normalized spacial score (nSPS) is 21.1. The van der Waals surface area contributed by atoms with Gasteiger partial charge in [0.25, 0.3) is 0 Å². The number of piperazine rings is 1. The number of nitrogens with zero attached hydrogens (tertiary/aromatic N) is 5. The number of likely N-dealkylation sites (tertiary alicyclic amines) is 1. The van der Waals surface area contributed by atoms with Gasteiger partial charge in [0, 0.05) is 59.1 Å². The van der Waals surface area contributed by atoms with Crippen molar-refractivity contribution in [1.29, 1.82) is 0 Å². The van der Waals surface area contributed by atoms with Crippen LogP contribution in [0.25, 0.3) is 0 Å². The number of carbonyl (C=O) groups excluding carboxylic acids is 1. The van der Waals surface area contributed by atoms with Gasteiger partial charge in [0.15, 0.2) is 0 Å². The van der Waals surface area contributed by atoms with Gasteiger partial charge in [-0.2, -0.15) is 0 Å². The molecule has 0 unspecified atom stereocenters. The number of aromatic nitrogens is 1. The SMILES string of the molecule is C[C@H](C(=O)N(C)Cc1cccc(F)c1)N1CCC[C@@H](CN2CCN(c3ccccn3)CC2)C1. The first-order valence-corrected chi connectivity index (χ1v) is 12.1. The number of benzene rings is 1. The van der Waals surface area contributed by atoms with E-state index >= 15 is 0 Å². The van der Waals surface area contributed by atoms with Crippen molar-refractivity contribution in [2.75, 3.05) is 57.8 Å². The number of pyridine rings is 1. The number of likely N-dealkylation sites (N-methyl/N-ethyl adjacent to an activating group) is 1. The van der Waals surface area contributed by atoms with Crippen LogP contribution in [0, 0.1) is 11.7 Å². The number of amides is 1. The van der Waals surface area contributed by atoms with E-state index in [9.17, 15) is 9.18 Å². The Bertz CT molecular complexity index is 903. The second kappa shape index (κ2) is 11.1. The van der Waals surface area contributed by atoms with Crippen LogP contribution in [0.4, 0.5) is 10.2 Å². The fraction of sp³-hybridized carbons (Fsp3) is 0.538. The Morgan fingerprint density at radius 3 is 2.70 bits per heavy atom. The Morgan fingerprint density at radius 1 is 1.15 bits per heavy atom. The number of carbonyl (C=O) groups is 1. The molecule has 178 valence electrons. The Hall–Kier alpha value is -2.51. The van der Waals surface area contributed by atoms with Crippen LogP contribution in [0.3, 0.4) is 0 Å². The lowest BCUT2D eigenvalue weighted by Gasteiger charge is -2.41. The number of hydrogen-bond acceptors (Lipinski definition) is 5. The van der Waals surface area contributed by atoms with E-state index in [1.54, 1.807) is 11.0 Å². The predicted molar refractivity (Wildman–Crippen MR) is 130 cm³/mol. The van der Waals surface area contributed by atoms with Gasteiger partial charge < -0.3 is 9.80 Å². The number of piperidine rings is 1. The minimum Gasteiger partial charge on any atom is -0.354 e. The molecule has 2 fully saturated rings. The van der Waals surface area contributed by atoms with E-state index in [2.05, 4.69) is 25.8 Å². The zero-order chi connectivity index (χ0) is 23.2. The summed E-state index contributed by atoms with van der Waals surface area (Å²) in [7, 11) is 1.81. The smallest absolute Gasteiger partial charge is 0.239 e. The number of anilines is 1. The summed E-state index contributed by atoms with van der Waals surface area (Å²) in [5.41, 5.74) is 0.819. The molecular formula is C26H36FN5O. The van der Waals surface area contributed by atoms with E-state index in [0.29, 0.717) is 12.5 Å². The molecule has 7 heteroatoms. The molecule has 0 N–H and O–H groups in total. The van der Waals surface area contributed by atoms with Crippen molar-refractivity contribution in [2.45, 2.75) is 32.4 Å². The number of rotatable bonds is 7. The van der Waals surface area contributed by atoms with Crippen LogP contribution in [0.5, 0.6) is 0 Å². The Balaban J connectivity index is 1.25. The highest BCUT2D eigenvalue weighted by Gasteiger charge is 2.30. The molecule has 6 nitrogen and oxygen atoms in total. The van der Waals surface area contributed by atoms with Crippen LogP contribution < -0.4 is 4.90 Å². The fourth-order valence-electron chi connectivity index (χ4n) is 5.13. The summed E-state index contributed by atoms with van der Waals surface area (Å²) in [5, 5.41) is 0. The summed E-state index contributed by atoms with van der Waals surface area (Å²) in [5.74, 6) is 1.49. The molecule has 1 aromatic heterocycles. The quantitative estimate of drug-likeness (QED) is 0.645. The van der Waals surface area contributed by atoms with E-state index in [4.69, 9.17) is 0 Å². The standard InChI is InChI=1S/C26H36FN5O/c1-21(26(33)29(2)18-22-7-5-9-24(27)17-22)32-12-6-8-23(20-32)19-30-13-15-31(16-14-30)25-10-3-4-11-28-25/h3-5,7,9-11,17,21,23H,6,8,12-16,18-20H2,1-2H3/t21-,23+/m1/s1. The lowest BCUT2D eigenvalue weighted by Crippen LogP contribution is -2.52. The second-order valence-corrected chi connectivity index (χ2v) is 9.48. The zero-order valence-electron chi connectivity index (χ0n) is 19.9. The molecule has 0 spiro atoms. The van der Waals surface area contributed by atoms with Crippen LogP contribution in [0.1, 0.15) is 25.3 Å². The first kappa shape index (κ1) is 23.6. The average molecular weight is 454 g/mol. The molecule has 2 aliphatic heterocycles. The van der Waals surface area contributed by atoms with E-state index < -0.39 is 0 Å². The Labute approximate surface area is 197 Å². The van der Waals surface area contributed by atoms with Gasteiger partial charge in [0.05, 0.1) is 6.04 Å². The van der Waals surface area contributed by atoms with Crippen LogP contribution in [0.2, 0.25) is 0 Å². The first-order valence-electron chi connectivity index (χ1n) is 12.1. The minimum atomic E-state index is -0.263. The lowest BCUT2D eigenvalue weighted by atomic mass is 9.95. The molecule has 1 amide bonds. The maximum absolute atomic E-state index is 13.5. The summed E-state index contributed by atoms with van der Waals surface area (Å²) in [4.78, 5) is 26.5. The van der Waals surface area contributed by atoms with Gasteiger partial charge in [-0.15, -0.1) is 0 Å². The monoisotopic (exact) mass is 453 g/mol. The molecule has 4 rings (SSSR count). The van der Waals surface area contributed by atoms with Crippen LogP contribution >= 0.6 is 0 Å². The maximum Gasteiger partial charge on any atom is 0.239 e. The van der Waals surface area contributed by atoms with Crippen LogP contribution in [-0.4, -0.2) is 84.5 Å². The molecular weight excluding hydrogens is 417 g/mol. The van der Waals surface area contributed by atoms with Crippen molar-refractivity contribution in [3.05, 3.63) is 60.0 Å². The van der Waals surface area contributed by atoms with Crippen molar-refractivity contribution in [3.8, 4) is 0 Å². The molecule has 33 heavy (non-hydrogen) atoms. The van der Waals surface area contributed by atoms with Gasteiger partial charge in [-0.3, -0.25) is 14.6 Å². The van der Waals surface area contributed by atoms with Crippen LogP contribution in [0.15, 0.2) is 48.7 Å². The summed E-state index contributed by atoms with van der Waals surface area (Å²) < 4.78 is 13.5. The molecule has 0 saturated carbocycles. The highest BCUT2D eigenvalue weighted by molar-refractivity contribution is 5.81. The number of halogens is 1. The minimum absolute atomic E-state index is 0.101. The zero-order valence-corrected chi connectivity index (χ0v) is 19.9. The van der Waals surface area contributed by atoms with Crippen molar-refractivity contribution in [2.24, 2.45) is 5.92 Å². The van der Waals surface area contributed by atoms with E-state index in [1.165, 1.54) is 18.6 Å². The lowest BCUT2D eigenvalue weighted by molar-refractivity contribution is -0.136. The van der Waals surface area contributed by atoms with Crippen molar-refractivity contribution < 1.29 is 9.18 Å². The molecule has 2 aliphatic rings. The molecule has 0 bridgehead atoms. The second-order valence-electron chi connectivity index (χ2n) is 9.48. The van der Waals surface area contributed by atoms with Crippen LogP contribution in [-0.2, 0) is 11.3 Å². The van der Waals surface area contributed by atoms with Crippen molar-refractivity contribution in [1.82, 2.24) is 19.7 Å². The molecule has 0 aliphatic carbocycles. The molecule has 1 aromatic carbocycles. The van der Waals surface area contributed by atoms with Crippen molar-refractivity contribution >= 4 is 11.7 Å². The Morgan fingerprint density at radius 2 is 1.97 bits per heavy atom.